The van der Waals surface area contributed by atoms with Gasteiger partial charge in [0.1, 0.15) is 12.4 Å². The van der Waals surface area contributed by atoms with Crippen LogP contribution in [0.4, 0.5) is 4.39 Å². The Morgan fingerprint density at radius 1 is 1.06 bits per heavy atom. The lowest BCUT2D eigenvalue weighted by atomic mass is 10.2. The number of nitrogens with one attached hydrogen (secondary N) is 2. The van der Waals surface area contributed by atoms with Gasteiger partial charge in [0, 0.05) is 28.6 Å². The van der Waals surface area contributed by atoms with Gasteiger partial charge in [0.15, 0.2) is 11.5 Å². The summed E-state index contributed by atoms with van der Waals surface area (Å²) < 4.78 is 24.8. The van der Waals surface area contributed by atoms with E-state index in [1.807, 2.05) is 0 Å². The topological polar surface area (TPSA) is 89.0 Å². The molecule has 0 aliphatic heterocycles. The zero-order valence-electron chi connectivity index (χ0n) is 18.7. The van der Waals surface area contributed by atoms with Crippen molar-refractivity contribution in [3.05, 3.63) is 93.2 Å². The SMILES string of the molecule is COc1cc(C=NNC(=O)CCNC(=O)c2ccccc2F)ccc1OCc1ccc(Cl)cc1Cl. The van der Waals surface area contributed by atoms with Crippen LogP contribution in [-0.4, -0.2) is 31.7 Å². The van der Waals surface area contributed by atoms with Gasteiger partial charge in [-0.15, -0.1) is 0 Å². The Bertz CT molecular complexity index is 1240. The summed E-state index contributed by atoms with van der Waals surface area (Å²) in [4.78, 5) is 23.9. The second kappa shape index (κ2) is 12.7. The van der Waals surface area contributed by atoms with Gasteiger partial charge in [0.05, 0.1) is 18.9 Å². The van der Waals surface area contributed by atoms with Gasteiger partial charge >= 0.3 is 0 Å². The molecule has 7 nitrogen and oxygen atoms in total. The predicted molar refractivity (Wildman–Crippen MR) is 133 cm³/mol. The van der Waals surface area contributed by atoms with Gasteiger partial charge in [-0.3, -0.25) is 9.59 Å². The van der Waals surface area contributed by atoms with Crippen LogP contribution >= 0.6 is 23.2 Å². The number of carbonyl (C=O) groups excluding carboxylic acids is 2. The summed E-state index contributed by atoms with van der Waals surface area (Å²) in [5.74, 6) is -0.653. The van der Waals surface area contributed by atoms with E-state index < -0.39 is 17.6 Å². The molecule has 3 aromatic rings. The Morgan fingerprint density at radius 2 is 1.86 bits per heavy atom. The number of hydrazone groups is 1. The van der Waals surface area contributed by atoms with Crippen molar-refractivity contribution in [2.75, 3.05) is 13.7 Å². The number of ether oxygens (including phenoxy) is 2. The van der Waals surface area contributed by atoms with Crippen LogP contribution < -0.4 is 20.2 Å². The molecular weight excluding hydrogens is 496 g/mol. The zero-order chi connectivity index (χ0) is 25.2. The van der Waals surface area contributed by atoms with Crippen molar-refractivity contribution in [2.24, 2.45) is 5.10 Å². The molecule has 182 valence electrons. The first-order chi connectivity index (χ1) is 16.9. The summed E-state index contributed by atoms with van der Waals surface area (Å²) in [6.45, 7) is 0.259. The van der Waals surface area contributed by atoms with Crippen molar-refractivity contribution in [3.63, 3.8) is 0 Å². The Hall–Kier alpha value is -3.62. The van der Waals surface area contributed by atoms with Crippen molar-refractivity contribution in [2.45, 2.75) is 13.0 Å². The number of carbonyl (C=O) groups is 2. The van der Waals surface area contributed by atoms with Crippen LogP contribution in [0.2, 0.25) is 10.0 Å². The van der Waals surface area contributed by atoms with Gasteiger partial charge in [-0.2, -0.15) is 5.10 Å². The highest BCUT2D eigenvalue weighted by Gasteiger charge is 2.11. The molecule has 0 aliphatic rings. The standard InChI is InChI=1S/C25H22Cl2FN3O4/c1-34-23-12-16(6-9-22(23)35-15-17-7-8-18(26)13-20(17)27)14-30-31-24(32)10-11-29-25(33)19-4-2-3-5-21(19)28/h2-9,12-14H,10-11,15H2,1H3,(H,29,33)(H,31,32). The number of benzene rings is 3. The molecule has 0 saturated carbocycles. The first-order valence-electron chi connectivity index (χ1n) is 10.5. The summed E-state index contributed by atoms with van der Waals surface area (Å²) in [7, 11) is 1.51. The fourth-order valence-corrected chi connectivity index (χ4v) is 3.41. The van der Waals surface area contributed by atoms with Crippen molar-refractivity contribution in [1.29, 1.82) is 0 Å². The Balaban J connectivity index is 1.48. The highest BCUT2D eigenvalue weighted by atomic mass is 35.5. The number of hydrogen-bond acceptors (Lipinski definition) is 5. The number of nitrogens with zero attached hydrogens (tertiary/aromatic N) is 1. The highest BCUT2D eigenvalue weighted by Crippen LogP contribution is 2.29. The largest absolute Gasteiger partial charge is 0.493 e. The van der Waals surface area contributed by atoms with Gasteiger partial charge < -0.3 is 14.8 Å². The summed E-state index contributed by atoms with van der Waals surface area (Å²) >= 11 is 12.1. The molecular formula is C25H22Cl2FN3O4. The normalized spacial score (nSPS) is 10.7. The Kier molecular flexibility index (Phi) is 9.46. The Labute approximate surface area is 211 Å². The minimum absolute atomic E-state index is 0.0269. The first-order valence-corrected chi connectivity index (χ1v) is 11.2. The molecule has 10 heteroatoms. The van der Waals surface area contributed by atoms with E-state index in [1.165, 1.54) is 31.5 Å². The van der Waals surface area contributed by atoms with E-state index in [4.69, 9.17) is 32.7 Å². The van der Waals surface area contributed by atoms with Crippen LogP contribution in [0.25, 0.3) is 0 Å². The summed E-state index contributed by atoms with van der Waals surface area (Å²) in [6.07, 6.45) is 1.42. The van der Waals surface area contributed by atoms with Crippen molar-refractivity contribution in [3.8, 4) is 11.5 Å². The third kappa shape index (κ3) is 7.70. The number of halogens is 3. The fraction of sp³-hybridized carbons (Fsp3) is 0.160. The molecule has 0 bridgehead atoms. The molecule has 0 spiro atoms. The van der Waals surface area contributed by atoms with Crippen molar-refractivity contribution in [1.82, 2.24) is 10.7 Å². The molecule has 35 heavy (non-hydrogen) atoms. The maximum Gasteiger partial charge on any atom is 0.254 e. The third-order valence-corrected chi connectivity index (χ3v) is 5.33. The van der Waals surface area contributed by atoms with Crippen LogP contribution in [0.3, 0.4) is 0 Å². The monoisotopic (exact) mass is 517 g/mol. The summed E-state index contributed by atoms with van der Waals surface area (Å²) in [6, 6.07) is 15.9. The molecule has 0 aromatic heterocycles. The average molecular weight is 518 g/mol. The van der Waals surface area contributed by atoms with Crippen LogP contribution in [-0.2, 0) is 11.4 Å². The lowest BCUT2D eigenvalue weighted by Crippen LogP contribution is -2.29. The van der Waals surface area contributed by atoms with E-state index >= 15 is 0 Å². The minimum atomic E-state index is -0.625. The maximum absolute atomic E-state index is 13.6. The molecule has 3 rings (SSSR count). The maximum atomic E-state index is 13.6. The van der Waals surface area contributed by atoms with E-state index in [1.54, 1.807) is 42.5 Å². The smallest absolute Gasteiger partial charge is 0.254 e. The second-order valence-corrected chi connectivity index (χ2v) is 8.06. The zero-order valence-corrected chi connectivity index (χ0v) is 20.2. The van der Waals surface area contributed by atoms with E-state index in [0.29, 0.717) is 27.1 Å². The molecule has 0 unspecified atom stereocenters. The minimum Gasteiger partial charge on any atom is -0.493 e. The Morgan fingerprint density at radius 3 is 2.60 bits per heavy atom. The molecule has 2 amide bonds. The summed E-state index contributed by atoms with van der Waals surface area (Å²) in [5.41, 5.74) is 3.73. The van der Waals surface area contributed by atoms with Gasteiger partial charge in [-0.1, -0.05) is 41.4 Å². The molecule has 0 radical (unpaired) electrons. The van der Waals surface area contributed by atoms with Gasteiger partial charge in [-0.25, -0.2) is 9.82 Å². The van der Waals surface area contributed by atoms with Crippen molar-refractivity contribution >= 4 is 41.2 Å². The summed E-state index contributed by atoms with van der Waals surface area (Å²) in [5, 5.41) is 7.44. The predicted octanol–water partition coefficient (Wildman–Crippen LogP) is 4.99. The molecule has 0 saturated heterocycles. The van der Waals surface area contributed by atoms with E-state index in [9.17, 15) is 14.0 Å². The van der Waals surface area contributed by atoms with E-state index in [0.717, 1.165) is 5.56 Å². The third-order valence-electron chi connectivity index (χ3n) is 4.74. The van der Waals surface area contributed by atoms with Gasteiger partial charge in [-0.05, 0) is 48.0 Å². The molecule has 0 aliphatic carbocycles. The highest BCUT2D eigenvalue weighted by molar-refractivity contribution is 6.35. The first kappa shape index (κ1) is 26.0. The van der Waals surface area contributed by atoms with E-state index in [-0.39, 0.29) is 25.1 Å². The number of amides is 2. The fourth-order valence-electron chi connectivity index (χ4n) is 2.94. The molecule has 0 heterocycles. The van der Waals surface area contributed by atoms with Crippen LogP contribution in [0.5, 0.6) is 11.5 Å². The van der Waals surface area contributed by atoms with Crippen LogP contribution in [0, 0.1) is 5.82 Å². The lowest BCUT2D eigenvalue weighted by Gasteiger charge is -2.12. The van der Waals surface area contributed by atoms with Gasteiger partial charge in [0.2, 0.25) is 5.91 Å². The number of hydrogen-bond donors (Lipinski definition) is 2. The van der Waals surface area contributed by atoms with Crippen LogP contribution in [0.15, 0.2) is 65.8 Å². The quantitative estimate of drug-likeness (QED) is 0.293. The molecule has 3 aromatic carbocycles. The molecule has 0 fully saturated rings. The average Bonchev–Trinajstić information content (AvgIpc) is 2.84. The van der Waals surface area contributed by atoms with Crippen LogP contribution in [0.1, 0.15) is 27.9 Å². The van der Waals surface area contributed by atoms with Gasteiger partial charge in [0.25, 0.3) is 5.91 Å². The molecule has 0 atom stereocenters. The number of rotatable bonds is 10. The number of methoxy groups -OCH3 is 1. The lowest BCUT2D eigenvalue weighted by molar-refractivity contribution is -0.120. The van der Waals surface area contributed by atoms with Crippen molar-refractivity contribution < 1.29 is 23.5 Å². The second-order valence-electron chi connectivity index (χ2n) is 7.21. The molecule has 2 N–H and O–H groups in total. The van der Waals surface area contributed by atoms with E-state index in [2.05, 4.69) is 15.8 Å².